The van der Waals surface area contributed by atoms with Gasteiger partial charge in [-0.1, -0.05) is 26.8 Å². The molecule has 0 radical (unpaired) electrons. The summed E-state index contributed by atoms with van der Waals surface area (Å²) in [5.41, 5.74) is 3.37. The van der Waals surface area contributed by atoms with Gasteiger partial charge in [-0.15, -0.1) is 11.3 Å². The van der Waals surface area contributed by atoms with Gasteiger partial charge in [0.2, 0.25) is 0 Å². The molecule has 1 unspecified atom stereocenters. The van der Waals surface area contributed by atoms with Crippen LogP contribution >= 0.6 is 11.3 Å². The van der Waals surface area contributed by atoms with Crippen molar-refractivity contribution in [2.45, 2.75) is 46.2 Å². The topological polar surface area (TPSA) is 3.24 Å². The van der Waals surface area contributed by atoms with E-state index in [0.717, 1.165) is 6.54 Å². The Morgan fingerprint density at radius 1 is 1.35 bits per heavy atom. The molecule has 3 rings (SSSR count). The van der Waals surface area contributed by atoms with E-state index < -0.39 is 0 Å². The van der Waals surface area contributed by atoms with Gasteiger partial charge in [0.15, 0.2) is 0 Å². The van der Waals surface area contributed by atoms with Gasteiger partial charge in [-0.05, 0) is 47.4 Å². The molecule has 2 heteroatoms. The fourth-order valence-electron chi connectivity index (χ4n) is 3.01. The summed E-state index contributed by atoms with van der Waals surface area (Å²) in [5, 5.41) is 2.25. The third-order valence-electron chi connectivity index (χ3n) is 3.95. The van der Waals surface area contributed by atoms with E-state index >= 15 is 0 Å². The molecule has 1 aromatic rings. The van der Waals surface area contributed by atoms with Gasteiger partial charge in [-0.2, -0.15) is 0 Å². The van der Waals surface area contributed by atoms with Crippen LogP contribution in [0.4, 0.5) is 0 Å². The number of rotatable bonds is 0. The third kappa shape index (κ3) is 1.98. The molecule has 0 aliphatic carbocycles. The second-order valence-corrected chi connectivity index (χ2v) is 7.20. The average Bonchev–Trinajstić information content (AvgIpc) is 2.82. The Morgan fingerprint density at radius 3 is 2.94 bits per heavy atom. The molecule has 92 valence electrons. The van der Waals surface area contributed by atoms with E-state index in [2.05, 4.69) is 43.2 Å². The average molecular weight is 247 g/mol. The van der Waals surface area contributed by atoms with E-state index in [9.17, 15) is 0 Å². The Hall–Kier alpha value is -0.600. The third-order valence-corrected chi connectivity index (χ3v) is 4.94. The van der Waals surface area contributed by atoms with Crippen molar-refractivity contribution in [2.24, 2.45) is 5.41 Å². The van der Waals surface area contributed by atoms with Crippen LogP contribution in [-0.2, 0) is 6.54 Å². The number of allylic oxidation sites excluding steroid dienone is 1. The van der Waals surface area contributed by atoms with Gasteiger partial charge in [0.1, 0.15) is 0 Å². The highest BCUT2D eigenvalue weighted by Crippen LogP contribution is 2.42. The molecular weight excluding hydrogens is 226 g/mol. The van der Waals surface area contributed by atoms with E-state index in [4.69, 9.17) is 0 Å². The van der Waals surface area contributed by atoms with Crippen LogP contribution in [0.25, 0.3) is 5.57 Å². The highest BCUT2D eigenvalue weighted by Gasteiger charge is 2.31. The molecule has 2 aliphatic rings. The second kappa shape index (κ2) is 3.96. The lowest BCUT2D eigenvalue weighted by atomic mass is 9.83. The Bertz CT molecular complexity index is 450. The standard InChI is InChI=1S/C15H21NS/c1-15(2,3)13-9-12-5-4-7-16(12)10-11-6-8-17-14(11)13/h6,8-9,12H,4-5,7,10H2,1-3H3. The maximum atomic E-state index is 2.64. The summed E-state index contributed by atoms with van der Waals surface area (Å²) >= 11 is 1.92. The van der Waals surface area contributed by atoms with Crippen LogP contribution in [0.1, 0.15) is 44.1 Å². The molecular formula is C15H21NS. The molecule has 2 aliphatic heterocycles. The van der Waals surface area contributed by atoms with Crippen molar-refractivity contribution in [1.82, 2.24) is 4.90 Å². The van der Waals surface area contributed by atoms with Crippen molar-refractivity contribution in [3.63, 3.8) is 0 Å². The number of fused-ring (bicyclic) bond motifs is 2. The number of hydrogen-bond acceptors (Lipinski definition) is 2. The monoisotopic (exact) mass is 247 g/mol. The molecule has 17 heavy (non-hydrogen) atoms. The van der Waals surface area contributed by atoms with Crippen LogP contribution in [0, 0.1) is 5.41 Å². The molecule has 0 bridgehead atoms. The van der Waals surface area contributed by atoms with E-state index in [1.165, 1.54) is 24.3 Å². The van der Waals surface area contributed by atoms with E-state index in [1.54, 1.807) is 11.1 Å². The van der Waals surface area contributed by atoms with Crippen LogP contribution < -0.4 is 0 Å². The molecule has 1 fully saturated rings. The van der Waals surface area contributed by atoms with E-state index in [0.29, 0.717) is 6.04 Å². The summed E-state index contributed by atoms with van der Waals surface area (Å²) in [6.07, 6.45) is 5.25. The first kappa shape index (κ1) is 11.5. The van der Waals surface area contributed by atoms with Gasteiger partial charge in [0.25, 0.3) is 0 Å². The zero-order valence-electron chi connectivity index (χ0n) is 11.0. The quantitative estimate of drug-likeness (QED) is 0.665. The van der Waals surface area contributed by atoms with E-state index in [-0.39, 0.29) is 5.41 Å². The van der Waals surface area contributed by atoms with Crippen molar-refractivity contribution in [3.05, 3.63) is 28.0 Å². The Kier molecular flexibility index (Phi) is 2.68. The number of thiophene rings is 1. The lowest BCUT2D eigenvalue weighted by Gasteiger charge is -2.24. The molecule has 0 aromatic carbocycles. The van der Waals surface area contributed by atoms with Crippen LogP contribution in [0.3, 0.4) is 0 Å². The molecule has 1 nitrogen and oxygen atoms in total. The maximum absolute atomic E-state index is 2.64. The Labute approximate surface area is 108 Å². The molecule has 1 aromatic heterocycles. The lowest BCUT2D eigenvalue weighted by molar-refractivity contribution is 0.284. The fourth-order valence-corrected chi connectivity index (χ4v) is 4.16. The SMILES string of the molecule is CC(C)(C)C1=CC2CCCN2Cc2ccsc21. The number of hydrogen-bond donors (Lipinski definition) is 0. The molecule has 0 saturated carbocycles. The first-order chi connectivity index (χ1) is 8.05. The summed E-state index contributed by atoms with van der Waals surface area (Å²) in [7, 11) is 0. The van der Waals surface area contributed by atoms with Crippen LogP contribution in [0.5, 0.6) is 0 Å². The van der Waals surface area contributed by atoms with Crippen molar-refractivity contribution in [3.8, 4) is 0 Å². The van der Waals surface area contributed by atoms with Gasteiger partial charge < -0.3 is 0 Å². The largest absolute Gasteiger partial charge is 0.293 e. The van der Waals surface area contributed by atoms with Crippen LogP contribution in [0.2, 0.25) is 0 Å². The van der Waals surface area contributed by atoms with Gasteiger partial charge >= 0.3 is 0 Å². The maximum Gasteiger partial charge on any atom is 0.0350 e. The van der Waals surface area contributed by atoms with Crippen molar-refractivity contribution >= 4 is 16.9 Å². The highest BCUT2D eigenvalue weighted by atomic mass is 32.1. The first-order valence-electron chi connectivity index (χ1n) is 6.59. The normalized spacial score (nSPS) is 25.1. The second-order valence-electron chi connectivity index (χ2n) is 6.29. The molecule has 1 atom stereocenters. The zero-order valence-corrected chi connectivity index (χ0v) is 11.8. The van der Waals surface area contributed by atoms with Gasteiger partial charge in [0.05, 0.1) is 0 Å². The lowest BCUT2D eigenvalue weighted by Crippen LogP contribution is -2.26. The molecule has 0 spiro atoms. The van der Waals surface area contributed by atoms with Crippen LogP contribution in [-0.4, -0.2) is 17.5 Å². The van der Waals surface area contributed by atoms with Crippen molar-refractivity contribution in [1.29, 1.82) is 0 Å². The molecule has 0 amide bonds. The molecule has 3 heterocycles. The van der Waals surface area contributed by atoms with Gasteiger partial charge in [-0.3, -0.25) is 4.90 Å². The predicted molar refractivity (Wildman–Crippen MR) is 75.2 cm³/mol. The Balaban J connectivity index is 2.10. The highest BCUT2D eigenvalue weighted by molar-refractivity contribution is 7.11. The predicted octanol–water partition coefficient (Wildman–Crippen LogP) is 4.16. The van der Waals surface area contributed by atoms with E-state index in [1.807, 2.05) is 11.3 Å². The van der Waals surface area contributed by atoms with Crippen LogP contribution in [0.15, 0.2) is 17.5 Å². The minimum atomic E-state index is 0.262. The summed E-state index contributed by atoms with van der Waals surface area (Å²) in [4.78, 5) is 4.18. The van der Waals surface area contributed by atoms with Gasteiger partial charge in [0, 0.05) is 17.5 Å². The minimum Gasteiger partial charge on any atom is -0.293 e. The molecule has 1 saturated heterocycles. The van der Waals surface area contributed by atoms with Crippen molar-refractivity contribution < 1.29 is 0 Å². The van der Waals surface area contributed by atoms with Crippen molar-refractivity contribution in [2.75, 3.05) is 6.54 Å². The minimum absolute atomic E-state index is 0.262. The van der Waals surface area contributed by atoms with Gasteiger partial charge in [-0.25, -0.2) is 0 Å². The first-order valence-corrected chi connectivity index (χ1v) is 7.47. The summed E-state index contributed by atoms with van der Waals surface area (Å²) < 4.78 is 0. The Morgan fingerprint density at radius 2 is 2.18 bits per heavy atom. The zero-order chi connectivity index (χ0) is 12.0. The summed E-state index contributed by atoms with van der Waals surface area (Å²) in [5.74, 6) is 0. The summed E-state index contributed by atoms with van der Waals surface area (Å²) in [6, 6.07) is 3.00. The molecule has 0 N–H and O–H groups in total. The summed E-state index contributed by atoms with van der Waals surface area (Å²) in [6.45, 7) is 9.44. The fraction of sp³-hybridized carbons (Fsp3) is 0.600. The number of nitrogens with zero attached hydrogens (tertiary/aromatic N) is 1. The smallest absolute Gasteiger partial charge is 0.0350 e.